The molecule has 0 aliphatic heterocycles. The Kier molecular flexibility index (Phi) is 5.14. The minimum absolute atomic E-state index is 0.376. The third kappa shape index (κ3) is 3.56. The van der Waals surface area contributed by atoms with E-state index in [0.29, 0.717) is 22.5 Å². The number of imidazole rings is 1. The van der Waals surface area contributed by atoms with Gasteiger partial charge in [-0.15, -0.1) is 0 Å². The van der Waals surface area contributed by atoms with Crippen LogP contribution >= 0.6 is 0 Å². The van der Waals surface area contributed by atoms with Gasteiger partial charge in [0.05, 0.1) is 23.7 Å². The lowest BCUT2D eigenvalue weighted by atomic mass is 10.2. The zero-order chi connectivity index (χ0) is 17.8. The molecular formula is C18H20N4O2S. The lowest BCUT2D eigenvalue weighted by Gasteiger charge is -2.17. The highest BCUT2D eigenvalue weighted by atomic mass is 32.2. The van der Waals surface area contributed by atoms with Gasteiger partial charge in [-0.2, -0.15) is 0 Å². The number of anilines is 1. The van der Waals surface area contributed by atoms with E-state index in [1.807, 2.05) is 49.3 Å². The summed E-state index contributed by atoms with van der Waals surface area (Å²) in [5.41, 5.74) is 2.05. The normalized spacial score (nSPS) is 12.0. The second kappa shape index (κ2) is 7.48. The van der Waals surface area contributed by atoms with Crippen molar-refractivity contribution in [3.63, 3.8) is 0 Å². The molecule has 3 aromatic rings. The highest BCUT2D eigenvalue weighted by molar-refractivity contribution is 7.84. The molecule has 1 aromatic carbocycles. The van der Waals surface area contributed by atoms with Crippen LogP contribution in [0.4, 0.5) is 5.69 Å². The molecule has 25 heavy (non-hydrogen) atoms. The second-order valence-corrected chi connectivity index (χ2v) is 6.97. The summed E-state index contributed by atoms with van der Waals surface area (Å²) in [5, 5.41) is 0.450. The van der Waals surface area contributed by atoms with Gasteiger partial charge in [0, 0.05) is 38.4 Å². The van der Waals surface area contributed by atoms with Gasteiger partial charge < -0.3 is 9.64 Å². The average Bonchev–Trinajstić information content (AvgIpc) is 3.11. The minimum atomic E-state index is -1.32. The molecule has 0 spiro atoms. The van der Waals surface area contributed by atoms with Crippen LogP contribution in [-0.4, -0.2) is 39.9 Å². The number of pyridine rings is 1. The molecule has 3 rings (SSSR count). The van der Waals surface area contributed by atoms with Crippen LogP contribution in [0.5, 0.6) is 5.75 Å². The monoisotopic (exact) mass is 356 g/mol. The molecule has 0 aliphatic carbocycles. The molecule has 7 heteroatoms. The lowest BCUT2D eigenvalue weighted by Crippen LogP contribution is -2.13. The van der Waals surface area contributed by atoms with Crippen LogP contribution in [0.2, 0.25) is 0 Å². The summed E-state index contributed by atoms with van der Waals surface area (Å²) < 4.78 is 20.1. The summed E-state index contributed by atoms with van der Waals surface area (Å²) in [6.45, 7) is 0. The zero-order valence-electron chi connectivity index (χ0n) is 14.4. The molecule has 0 fully saturated rings. The number of para-hydroxylation sites is 1. The molecule has 0 saturated heterocycles. The summed E-state index contributed by atoms with van der Waals surface area (Å²) >= 11 is 0. The van der Waals surface area contributed by atoms with Gasteiger partial charge in [-0.25, -0.2) is 9.97 Å². The van der Waals surface area contributed by atoms with Gasteiger partial charge in [0.1, 0.15) is 0 Å². The van der Waals surface area contributed by atoms with E-state index in [2.05, 4.69) is 9.97 Å². The lowest BCUT2D eigenvalue weighted by molar-refractivity contribution is 0.409. The molecule has 6 nitrogen and oxygen atoms in total. The van der Waals surface area contributed by atoms with Crippen LogP contribution in [0.25, 0.3) is 5.82 Å². The summed E-state index contributed by atoms with van der Waals surface area (Å²) in [4.78, 5) is 10.7. The molecule has 0 aliphatic rings. The summed E-state index contributed by atoms with van der Waals surface area (Å²) in [7, 11) is 4.21. The Morgan fingerprint density at radius 3 is 2.68 bits per heavy atom. The Hall–Kier alpha value is -2.67. The molecule has 0 radical (unpaired) electrons. The third-order valence-corrected chi connectivity index (χ3v) is 5.05. The molecule has 1 unspecified atom stereocenters. The highest BCUT2D eigenvalue weighted by Gasteiger charge is 2.18. The van der Waals surface area contributed by atoms with Crippen LogP contribution in [0.3, 0.4) is 0 Å². The summed E-state index contributed by atoms with van der Waals surface area (Å²) in [6.07, 6.45) is 5.04. The van der Waals surface area contributed by atoms with E-state index < -0.39 is 10.8 Å². The van der Waals surface area contributed by atoms with Gasteiger partial charge >= 0.3 is 0 Å². The van der Waals surface area contributed by atoms with Crippen molar-refractivity contribution in [1.29, 1.82) is 0 Å². The fourth-order valence-corrected chi connectivity index (χ4v) is 3.82. The van der Waals surface area contributed by atoms with Gasteiger partial charge in [-0.1, -0.05) is 18.2 Å². The Morgan fingerprint density at radius 2 is 1.92 bits per heavy atom. The predicted molar refractivity (Wildman–Crippen MR) is 98.8 cm³/mol. The zero-order valence-corrected chi connectivity index (χ0v) is 15.2. The quantitative estimate of drug-likeness (QED) is 0.679. The van der Waals surface area contributed by atoms with Crippen molar-refractivity contribution < 1.29 is 8.95 Å². The van der Waals surface area contributed by atoms with Crippen molar-refractivity contribution >= 4 is 16.5 Å². The molecule has 0 saturated carbocycles. The SMILES string of the molecule is COc1cccnc1-n1ccnc1S(=O)Cc1ccccc1N(C)C. The van der Waals surface area contributed by atoms with E-state index >= 15 is 0 Å². The van der Waals surface area contributed by atoms with E-state index in [4.69, 9.17) is 4.74 Å². The largest absolute Gasteiger partial charge is 0.493 e. The van der Waals surface area contributed by atoms with Gasteiger partial charge in [-0.3, -0.25) is 8.78 Å². The molecule has 2 aromatic heterocycles. The highest BCUT2D eigenvalue weighted by Crippen LogP contribution is 2.25. The van der Waals surface area contributed by atoms with Gasteiger partial charge in [0.25, 0.3) is 0 Å². The fraction of sp³-hybridized carbons (Fsp3) is 0.222. The topological polar surface area (TPSA) is 60.2 Å². The molecule has 0 bridgehead atoms. The Labute approximate surface area is 149 Å². The first-order valence-corrected chi connectivity index (χ1v) is 9.10. The Bertz CT molecular complexity index is 892. The summed E-state index contributed by atoms with van der Waals surface area (Å²) in [5.74, 6) is 1.56. The van der Waals surface area contributed by atoms with Crippen molar-refractivity contribution in [1.82, 2.24) is 14.5 Å². The molecule has 130 valence electrons. The van der Waals surface area contributed by atoms with Crippen LogP contribution < -0.4 is 9.64 Å². The number of benzene rings is 1. The first kappa shape index (κ1) is 17.2. The van der Waals surface area contributed by atoms with Crippen LogP contribution in [0.15, 0.2) is 60.1 Å². The van der Waals surface area contributed by atoms with Gasteiger partial charge in [-0.05, 0) is 23.8 Å². The second-order valence-electron chi connectivity index (χ2n) is 5.62. The van der Waals surface area contributed by atoms with Crippen molar-refractivity contribution in [2.24, 2.45) is 0 Å². The number of ether oxygens (including phenoxy) is 1. The van der Waals surface area contributed by atoms with Crippen LogP contribution in [0, 0.1) is 0 Å². The van der Waals surface area contributed by atoms with Crippen molar-refractivity contribution in [3.8, 4) is 11.6 Å². The minimum Gasteiger partial charge on any atom is -0.493 e. The van der Waals surface area contributed by atoms with E-state index in [1.165, 1.54) is 0 Å². The number of rotatable bonds is 6. The third-order valence-electron chi connectivity index (χ3n) is 3.77. The number of methoxy groups -OCH3 is 1. The van der Waals surface area contributed by atoms with Crippen LogP contribution in [-0.2, 0) is 16.6 Å². The first-order valence-electron chi connectivity index (χ1n) is 7.78. The molecule has 0 amide bonds. The Balaban J connectivity index is 1.94. The number of hydrogen-bond donors (Lipinski definition) is 0. The van der Waals surface area contributed by atoms with E-state index in [0.717, 1.165) is 11.3 Å². The standard InChI is InChI=1S/C18H20N4O2S/c1-21(2)15-8-5-4-7-14(15)13-25(23)18-20-11-12-22(18)17-16(24-3)9-6-10-19-17/h4-12H,13H2,1-3H3. The molecule has 1 atom stereocenters. The predicted octanol–water partition coefficient (Wildman–Crippen LogP) is 2.65. The number of hydrogen-bond acceptors (Lipinski definition) is 5. The van der Waals surface area contributed by atoms with Gasteiger partial charge in [0.2, 0.25) is 5.16 Å². The van der Waals surface area contributed by atoms with Crippen molar-refractivity contribution in [3.05, 3.63) is 60.6 Å². The van der Waals surface area contributed by atoms with E-state index in [9.17, 15) is 4.21 Å². The maximum absolute atomic E-state index is 13.0. The smallest absolute Gasteiger partial charge is 0.205 e. The number of nitrogens with zero attached hydrogens (tertiary/aromatic N) is 4. The average molecular weight is 356 g/mol. The number of aromatic nitrogens is 3. The maximum atomic E-state index is 13.0. The van der Waals surface area contributed by atoms with E-state index in [1.54, 1.807) is 36.3 Å². The maximum Gasteiger partial charge on any atom is 0.205 e. The van der Waals surface area contributed by atoms with Crippen LogP contribution in [0.1, 0.15) is 5.56 Å². The van der Waals surface area contributed by atoms with Crippen molar-refractivity contribution in [2.45, 2.75) is 10.9 Å². The van der Waals surface area contributed by atoms with Crippen molar-refractivity contribution in [2.75, 3.05) is 26.1 Å². The molecule has 2 heterocycles. The summed E-state index contributed by atoms with van der Waals surface area (Å²) in [6, 6.07) is 11.5. The van der Waals surface area contributed by atoms with Gasteiger partial charge in [0.15, 0.2) is 11.6 Å². The molecular weight excluding hydrogens is 336 g/mol. The first-order chi connectivity index (χ1) is 12.1. The fourth-order valence-electron chi connectivity index (χ4n) is 2.62. The molecule has 0 N–H and O–H groups in total. The van der Waals surface area contributed by atoms with E-state index in [-0.39, 0.29) is 0 Å². The Morgan fingerprint density at radius 1 is 1.12 bits per heavy atom.